The summed E-state index contributed by atoms with van der Waals surface area (Å²) >= 11 is 0. The minimum absolute atomic E-state index is 0.0240. The minimum Gasteiger partial charge on any atom is -0.394 e. The van der Waals surface area contributed by atoms with Gasteiger partial charge in [-0.2, -0.15) is 4.98 Å². The summed E-state index contributed by atoms with van der Waals surface area (Å²) in [4.78, 5) is 39.8. The van der Waals surface area contributed by atoms with Crippen molar-refractivity contribution < 1.29 is 28.7 Å². The van der Waals surface area contributed by atoms with Crippen molar-refractivity contribution in [1.29, 1.82) is 0 Å². The van der Waals surface area contributed by atoms with E-state index in [9.17, 15) is 14.5 Å². The fourth-order valence-corrected chi connectivity index (χ4v) is 3.05. The van der Waals surface area contributed by atoms with Gasteiger partial charge in [0, 0.05) is 6.42 Å². The molecule has 1 aliphatic rings. The molecule has 1 fully saturated rings. The predicted octanol–water partition coefficient (Wildman–Crippen LogP) is -1.54. The molecule has 0 bridgehead atoms. The van der Waals surface area contributed by atoms with Crippen LogP contribution in [0.4, 0.5) is 5.95 Å². The van der Waals surface area contributed by atoms with E-state index < -0.39 is 38.4 Å². The third kappa shape index (κ3) is 3.13. The molecule has 126 valence electrons. The van der Waals surface area contributed by atoms with E-state index in [1.165, 1.54) is 10.9 Å². The minimum atomic E-state index is -4.74. The fraction of sp³-hybridized carbons (Fsp3) is 0.500. The number of nitrogens with one attached hydrogen (secondary N) is 1. The van der Waals surface area contributed by atoms with Crippen LogP contribution in [0.25, 0.3) is 11.2 Å². The SMILES string of the molecule is Nc1nc2c(ncn2[C@H]2CC(OP(=O)(O)O)[C@@H](CO)O2)c(=O)[nH]1. The van der Waals surface area contributed by atoms with Gasteiger partial charge in [-0.05, 0) is 0 Å². The number of hydrogen-bond acceptors (Lipinski definition) is 8. The highest BCUT2D eigenvalue weighted by molar-refractivity contribution is 7.46. The molecule has 0 aromatic carbocycles. The highest BCUT2D eigenvalue weighted by Gasteiger charge is 2.40. The standard InChI is InChI=1S/C10H14N5O7P/c11-10-13-8-7(9(17)14-10)12-3-15(8)6-1-4(5(2-16)21-6)22-23(18,19)20/h3-6,16H,1-2H2,(H2,18,19,20)(H3,11,13,14,17)/t4?,5-,6-/m1/s1. The van der Waals surface area contributed by atoms with Gasteiger partial charge in [-0.3, -0.25) is 18.9 Å². The molecular weight excluding hydrogens is 333 g/mol. The highest BCUT2D eigenvalue weighted by atomic mass is 31.2. The number of phosphoric acid groups is 1. The number of H-pyrrole nitrogens is 1. The number of fused-ring (bicyclic) bond motifs is 1. The van der Waals surface area contributed by atoms with Crippen LogP contribution >= 0.6 is 7.82 Å². The van der Waals surface area contributed by atoms with Gasteiger partial charge in [0.05, 0.1) is 12.9 Å². The molecule has 3 atom stereocenters. The number of aliphatic hydroxyl groups is 1. The third-order valence-corrected chi connectivity index (χ3v) is 3.94. The predicted molar refractivity (Wildman–Crippen MR) is 75.1 cm³/mol. The summed E-state index contributed by atoms with van der Waals surface area (Å²) in [5.74, 6) is -0.107. The lowest BCUT2D eigenvalue weighted by Crippen LogP contribution is -2.26. The van der Waals surface area contributed by atoms with Crippen molar-refractivity contribution >= 4 is 24.9 Å². The van der Waals surface area contributed by atoms with Crippen molar-refractivity contribution in [2.24, 2.45) is 0 Å². The van der Waals surface area contributed by atoms with Gasteiger partial charge in [-0.1, -0.05) is 0 Å². The number of aromatic nitrogens is 4. The first-order valence-corrected chi connectivity index (χ1v) is 8.04. The average molecular weight is 347 g/mol. The van der Waals surface area contributed by atoms with Crippen molar-refractivity contribution in [2.45, 2.75) is 24.9 Å². The monoisotopic (exact) mass is 347 g/mol. The molecule has 0 aliphatic carbocycles. The summed E-state index contributed by atoms with van der Waals surface area (Å²) < 4.78 is 22.5. The number of hydrogen-bond donors (Lipinski definition) is 5. The zero-order valence-corrected chi connectivity index (χ0v) is 12.5. The van der Waals surface area contributed by atoms with Crippen LogP contribution in [0, 0.1) is 0 Å². The van der Waals surface area contributed by atoms with E-state index in [1.807, 2.05) is 0 Å². The Bertz CT molecular complexity index is 829. The Morgan fingerprint density at radius 1 is 1.57 bits per heavy atom. The lowest BCUT2D eigenvalue weighted by Gasteiger charge is -2.16. The Morgan fingerprint density at radius 3 is 2.96 bits per heavy atom. The molecule has 13 heteroatoms. The molecule has 1 unspecified atom stereocenters. The Morgan fingerprint density at radius 2 is 2.30 bits per heavy atom. The zero-order valence-electron chi connectivity index (χ0n) is 11.6. The number of phosphoric ester groups is 1. The van der Waals surface area contributed by atoms with E-state index in [1.54, 1.807) is 0 Å². The highest BCUT2D eigenvalue weighted by Crippen LogP contribution is 2.43. The van der Waals surface area contributed by atoms with Gasteiger partial charge in [-0.15, -0.1) is 0 Å². The first kappa shape index (κ1) is 16.1. The molecule has 0 saturated carbocycles. The lowest BCUT2D eigenvalue weighted by atomic mass is 10.2. The summed E-state index contributed by atoms with van der Waals surface area (Å²) in [7, 11) is -4.74. The van der Waals surface area contributed by atoms with Crippen molar-refractivity contribution in [1.82, 2.24) is 19.5 Å². The molecule has 1 aliphatic heterocycles. The number of nitrogen functional groups attached to an aromatic ring is 1. The summed E-state index contributed by atoms with van der Waals surface area (Å²) in [6.45, 7) is -0.496. The molecule has 0 radical (unpaired) electrons. The lowest BCUT2D eigenvalue weighted by molar-refractivity contribution is -0.0425. The number of nitrogens with two attached hydrogens (primary N) is 1. The quantitative estimate of drug-likeness (QED) is 0.406. The van der Waals surface area contributed by atoms with Crippen molar-refractivity contribution in [3.05, 3.63) is 16.7 Å². The third-order valence-electron chi connectivity index (χ3n) is 3.39. The van der Waals surface area contributed by atoms with E-state index in [0.29, 0.717) is 0 Å². The second-order valence-electron chi connectivity index (χ2n) is 4.96. The maximum Gasteiger partial charge on any atom is 0.469 e. The molecule has 2 aromatic rings. The van der Waals surface area contributed by atoms with Crippen LogP contribution in [0.2, 0.25) is 0 Å². The Labute approximate surface area is 128 Å². The number of nitrogens with zero attached hydrogens (tertiary/aromatic N) is 3. The van der Waals surface area contributed by atoms with Crippen LogP contribution in [0.3, 0.4) is 0 Å². The summed E-state index contributed by atoms with van der Waals surface area (Å²) in [5.41, 5.74) is 5.18. The molecule has 3 heterocycles. The number of aromatic amines is 1. The molecule has 12 nitrogen and oxygen atoms in total. The van der Waals surface area contributed by atoms with Crippen molar-refractivity contribution in [3.8, 4) is 0 Å². The molecule has 6 N–H and O–H groups in total. The summed E-state index contributed by atoms with van der Waals surface area (Å²) in [5, 5.41) is 9.28. The number of rotatable bonds is 4. The van der Waals surface area contributed by atoms with E-state index >= 15 is 0 Å². The van der Waals surface area contributed by atoms with Gasteiger partial charge in [0.2, 0.25) is 5.95 Å². The molecule has 0 amide bonds. The largest absolute Gasteiger partial charge is 0.469 e. The Hall–Kier alpha value is -1.82. The van der Waals surface area contributed by atoms with Crippen LogP contribution in [-0.4, -0.2) is 53.2 Å². The van der Waals surface area contributed by atoms with Gasteiger partial charge < -0.3 is 25.4 Å². The number of anilines is 1. The molecule has 1 saturated heterocycles. The first-order valence-electron chi connectivity index (χ1n) is 6.51. The molecule has 3 rings (SSSR count). The van der Waals surface area contributed by atoms with E-state index in [0.717, 1.165) is 0 Å². The van der Waals surface area contributed by atoms with Crippen LogP contribution in [0.1, 0.15) is 12.6 Å². The smallest absolute Gasteiger partial charge is 0.394 e. The van der Waals surface area contributed by atoms with Crippen LogP contribution in [0.5, 0.6) is 0 Å². The van der Waals surface area contributed by atoms with Gasteiger partial charge >= 0.3 is 7.82 Å². The van der Waals surface area contributed by atoms with Crippen LogP contribution in [0.15, 0.2) is 11.1 Å². The van der Waals surface area contributed by atoms with Gasteiger partial charge in [0.25, 0.3) is 5.56 Å². The van der Waals surface area contributed by atoms with Gasteiger partial charge in [-0.25, -0.2) is 9.55 Å². The maximum absolute atomic E-state index is 11.7. The van der Waals surface area contributed by atoms with E-state index in [-0.39, 0.29) is 23.5 Å². The second-order valence-corrected chi connectivity index (χ2v) is 6.15. The number of aliphatic hydroxyl groups excluding tert-OH is 1. The van der Waals surface area contributed by atoms with E-state index in [2.05, 4.69) is 19.5 Å². The Kier molecular flexibility index (Phi) is 3.96. The zero-order chi connectivity index (χ0) is 16.8. The van der Waals surface area contributed by atoms with Crippen LogP contribution in [-0.2, 0) is 13.8 Å². The first-order chi connectivity index (χ1) is 10.8. The molecule has 0 spiro atoms. The fourth-order valence-electron chi connectivity index (χ4n) is 2.48. The van der Waals surface area contributed by atoms with Crippen LogP contribution < -0.4 is 11.3 Å². The summed E-state index contributed by atoms with van der Waals surface area (Å²) in [6, 6.07) is 0. The topological polar surface area (TPSA) is 186 Å². The molecule has 23 heavy (non-hydrogen) atoms. The number of ether oxygens (including phenoxy) is 1. The van der Waals surface area contributed by atoms with Crippen molar-refractivity contribution in [2.75, 3.05) is 12.3 Å². The normalized spacial score (nSPS) is 25.3. The average Bonchev–Trinajstić information content (AvgIpc) is 3.00. The Balaban J connectivity index is 1.94. The van der Waals surface area contributed by atoms with Gasteiger partial charge in [0.1, 0.15) is 18.4 Å². The van der Waals surface area contributed by atoms with Gasteiger partial charge in [0.15, 0.2) is 11.2 Å². The van der Waals surface area contributed by atoms with E-state index in [4.69, 9.17) is 20.3 Å². The maximum atomic E-state index is 11.7. The number of imidazole rings is 1. The van der Waals surface area contributed by atoms with Crippen molar-refractivity contribution in [3.63, 3.8) is 0 Å². The summed E-state index contributed by atoms with van der Waals surface area (Å²) in [6.07, 6.45) is -1.42. The molecular formula is C10H14N5O7P. The molecule has 2 aromatic heterocycles. The second kappa shape index (κ2) is 5.67.